The number of anilines is 1. The number of nitrogens with one attached hydrogen (secondary N) is 1. The Morgan fingerprint density at radius 3 is 3.00 bits per heavy atom. The Bertz CT molecular complexity index is 613. The Balaban J connectivity index is 2.30. The molecule has 0 aliphatic carbocycles. The van der Waals surface area contributed by atoms with Crippen LogP contribution in [0.15, 0.2) is 18.7 Å². The van der Waals surface area contributed by atoms with Crippen LogP contribution in [0.4, 0.5) is 11.5 Å². The first kappa shape index (κ1) is 13.7. The third-order valence-corrected chi connectivity index (χ3v) is 2.38. The molecule has 106 valence electrons. The first-order valence-electron chi connectivity index (χ1n) is 5.82. The van der Waals surface area contributed by atoms with Crippen LogP contribution in [0.25, 0.3) is 0 Å². The highest BCUT2D eigenvalue weighted by Crippen LogP contribution is 2.33. The zero-order valence-electron chi connectivity index (χ0n) is 10.7. The lowest BCUT2D eigenvalue weighted by Crippen LogP contribution is -2.12. The minimum Gasteiger partial charge on any atom is -0.430 e. The average Bonchev–Trinajstić information content (AvgIpc) is 2.86. The van der Waals surface area contributed by atoms with Crippen molar-refractivity contribution in [1.82, 2.24) is 19.7 Å². The van der Waals surface area contributed by atoms with Gasteiger partial charge >= 0.3 is 11.6 Å². The molecule has 0 saturated carbocycles. The average molecular weight is 279 g/mol. The lowest BCUT2D eigenvalue weighted by Gasteiger charge is -2.05. The van der Waals surface area contributed by atoms with E-state index in [-0.39, 0.29) is 11.7 Å². The largest absolute Gasteiger partial charge is 0.430 e. The Labute approximate surface area is 113 Å². The number of aromatic nitrogens is 4. The third kappa shape index (κ3) is 2.80. The van der Waals surface area contributed by atoms with Gasteiger partial charge in [-0.1, -0.05) is 6.92 Å². The van der Waals surface area contributed by atoms with Gasteiger partial charge in [0.1, 0.15) is 6.33 Å². The van der Waals surface area contributed by atoms with E-state index in [9.17, 15) is 10.1 Å². The third-order valence-electron chi connectivity index (χ3n) is 2.38. The fraction of sp³-hybridized carbons (Fsp3) is 0.300. The second-order valence-corrected chi connectivity index (χ2v) is 3.82. The molecule has 10 heteroatoms. The number of rotatable bonds is 6. The summed E-state index contributed by atoms with van der Waals surface area (Å²) in [7, 11) is 0. The van der Waals surface area contributed by atoms with E-state index in [2.05, 4.69) is 20.5 Å². The van der Waals surface area contributed by atoms with Gasteiger partial charge in [0.05, 0.1) is 17.3 Å². The predicted octanol–water partition coefficient (Wildman–Crippen LogP) is 1.07. The number of nitrogens with zero attached hydrogens (tertiary/aromatic N) is 5. The molecule has 0 bridgehead atoms. The van der Waals surface area contributed by atoms with E-state index in [1.54, 1.807) is 10.9 Å². The molecule has 20 heavy (non-hydrogen) atoms. The number of hydrogen-bond acceptors (Lipinski definition) is 8. The van der Waals surface area contributed by atoms with Crippen molar-refractivity contribution in [3.63, 3.8) is 0 Å². The Kier molecular flexibility index (Phi) is 4.05. The number of nitro groups is 1. The molecule has 0 spiro atoms. The van der Waals surface area contributed by atoms with Gasteiger partial charge in [-0.15, -0.1) is 0 Å². The molecule has 2 heterocycles. The van der Waals surface area contributed by atoms with E-state index in [0.29, 0.717) is 5.75 Å². The number of nitrogen functional groups attached to an aromatic ring is 1. The first-order valence-corrected chi connectivity index (χ1v) is 5.82. The topological polar surface area (TPSA) is 134 Å². The molecule has 0 aliphatic rings. The first-order chi connectivity index (χ1) is 9.65. The summed E-state index contributed by atoms with van der Waals surface area (Å²) in [5, 5.41) is 15.1. The van der Waals surface area contributed by atoms with Gasteiger partial charge in [-0.25, -0.2) is 10.8 Å². The summed E-state index contributed by atoms with van der Waals surface area (Å²) in [6.07, 6.45) is 5.12. The second-order valence-electron chi connectivity index (χ2n) is 3.82. The zero-order chi connectivity index (χ0) is 14.5. The number of aryl methyl sites for hydroxylation is 1. The normalized spacial score (nSPS) is 10.3. The quantitative estimate of drug-likeness (QED) is 0.455. The number of nitrogens with two attached hydrogens (primary N) is 1. The molecule has 0 aromatic carbocycles. The van der Waals surface area contributed by atoms with Gasteiger partial charge in [0.2, 0.25) is 5.82 Å². The smallest absolute Gasteiger partial charge is 0.374 e. The van der Waals surface area contributed by atoms with Crippen molar-refractivity contribution in [3.8, 4) is 11.6 Å². The van der Waals surface area contributed by atoms with Gasteiger partial charge in [0, 0.05) is 6.54 Å². The maximum Gasteiger partial charge on any atom is 0.374 e. The summed E-state index contributed by atoms with van der Waals surface area (Å²) in [4.78, 5) is 17.8. The zero-order valence-corrected chi connectivity index (χ0v) is 10.7. The maximum atomic E-state index is 11.0. The molecule has 0 aliphatic heterocycles. The minimum absolute atomic E-state index is 0.124. The fourth-order valence-electron chi connectivity index (χ4n) is 1.57. The number of ether oxygens (including phenoxy) is 1. The Morgan fingerprint density at radius 2 is 2.35 bits per heavy atom. The molecule has 0 unspecified atom stereocenters. The van der Waals surface area contributed by atoms with Gasteiger partial charge in [-0.05, 0) is 6.42 Å². The van der Waals surface area contributed by atoms with E-state index in [1.807, 2.05) is 6.92 Å². The van der Waals surface area contributed by atoms with Gasteiger partial charge < -0.3 is 10.2 Å². The van der Waals surface area contributed by atoms with Crippen molar-refractivity contribution in [2.45, 2.75) is 19.9 Å². The Morgan fingerprint density at radius 1 is 1.55 bits per heavy atom. The highest BCUT2D eigenvalue weighted by molar-refractivity contribution is 5.60. The van der Waals surface area contributed by atoms with Crippen LogP contribution >= 0.6 is 0 Å². The van der Waals surface area contributed by atoms with E-state index in [0.717, 1.165) is 19.3 Å². The van der Waals surface area contributed by atoms with E-state index >= 15 is 0 Å². The van der Waals surface area contributed by atoms with Crippen LogP contribution in [-0.4, -0.2) is 24.7 Å². The van der Waals surface area contributed by atoms with Crippen LogP contribution in [0.3, 0.4) is 0 Å². The van der Waals surface area contributed by atoms with Crippen molar-refractivity contribution in [3.05, 3.63) is 28.8 Å². The van der Waals surface area contributed by atoms with Gasteiger partial charge in [0.25, 0.3) is 0 Å². The number of hydrazine groups is 1. The molecule has 2 aromatic heterocycles. The molecule has 10 nitrogen and oxygen atoms in total. The predicted molar refractivity (Wildman–Crippen MR) is 69.1 cm³/mol. The molecule has 0 saturated heterocycles. The van der Waals surface area contributed by atoms with Gasteiger partial charge in [0.15, 0.2) is 5.75 Å². The van der Waals surface area contributed by atoms with Crippen LogP contribution in [0.1, 0.15) is 13.3 Å². The molecule has 2 rings (SSSR count). The van der Waals surface area contributed by atoms with Crippen molar-refractivity contribution in [2.75, 3.05) is 5.43 Å². The molecule has 2 aromatic rings. The van der Waals surface area contributed by atoms with E-state index in [1.165, 1.54) is 6.20 Å². The van der Waals surface area contributed by atoms with E-state index in [4.69, 9.17) is 10.6 Å². The number of hydrogen-bond donors (Lipinski definition) is 2. The van der Waals surface area contributed by atoms with E-state index < -0.39 is 10.6 Å². The summed E-state index contributed by atoms with van der Waals surface area (Å²) in [6.45, 7) is 2.74. The standard InChI is InChI=1S/C10H13N7O3/c1-2-3-16-5-7(4-14-16)20-10-8(17(18)19)9(15-11)12-6-13-10/h4-6H,2-3,11H2,1H3,(H,12,13,15). The van der Waals surface area contributed by atoms with Crippen molar-refractivity contribution < 1.29 is 9.66 Å². The second kappa shape index (κ2) is 5.93. The monoisotopic (exact) mass is 279 g/mol. The molecule has 3 N–H and O–H groups in total. The summed E-state index contributed by atoms with van der Waals surface area (Å²) in [5.74, 6) is 5.20. The van der Waals surface area contributed by atoms with Gasteiger partial charge in [-0.2, -0.15) is 10.1 Å². The maximum absolute atomic E-state index is 11.0. The summed E-state index contributed by atoms with van der Waals surface area (Å²) >= 11 is 0. The molecule has 0 radical (unpaired) electrons. The highest BCUT2D eigenvalue weighted by atomic mass is 16.6. The van der Waals surface area contributed by atoms with Crippen LogP contribution in [0.5, 0.6) is 11.6 Å². The summed E-state index contributed by atoms with van der Waals surface area (Å²) in [5.41, 5.74) is 1.70. The van der Waals surface area contributed by atoms with Gasteiger partial charge in [-0.3, -0.25) is 14.8 Å². The molecule has 0 atom stereocenters. The van der Waals surface area contributed by atoms with Crippen molar-refractivity contribution in [1.29, 1.82) is 0 Å². The Hall–Kier alpha value is -2.75. The lowest BCUT2D eigenvalue weighted by atomic mass is 10.4. The SMILES string of the molecule is CCCn1cc(Oc2ncnc(NN)c2[N+](=O)[O-])cn1. The van der Waals surface area contributed by atoms with Crippen LogP contribution in [0.2, 0.25) is 0 Å². The fourth-order valence-corrected chi connectivity index (χ4v) is 1.57. The summed E-state index contributed by atoms with van der Waals surface area (Å²) in [6, 6.07) is 0. The van der Waals surface area contributed by atoms with Crippen LogP contribution in [0, 0.1) is 10.1 Å². The van der Waals surface area contributed by atoms with Crippen molar-refractivity contribution >= 4 is 11.5 Å². The minimum atomic E-state index is -0.666. The molecule has 0 amide bonds. The van der Waals surface area contributed by atoms with Crippen molar-refractivity contribution in [2.24, 2.45) is 5.84 Å². The lowest BCUT2D eigenvalue weighted by molar-refractivity contribution is -0.385. The molecule has 0 fully saturated rings. The molecular formula is C10H13N7O3. The molecular weight excluding hydrogens is 266 g/mol. The highest BCUT2D eigenvalue weighted by Gasteiger charge is 2.24. The summed E-state index contributed by atoms with van der Waals surface area (Å²) < 4.78 is 7.04. The van der Waals surface area contributed by atoms with Crippen LogP contribution in [-0.2, 0) is 6.54 Å². The van der Waals surface area contributed by atoms with Crippen LogP contribution < -0.4 is 16.0 Å².